The number of morpholine rings is 1. The zero-order valence-electron chi connectivity index (χ0n) is 27.3. The molecule has 2 aromatic heterocycles. The Morgan fingerprint density at radius 2 is 1.89 bits per heavy atom. The van der Waals surface area contributed by atoms with E-state index in [-0.39, 0.29) is 39.7 Å². The predicted molar refractivity (Wildman–Crippen MR) is 171 cm³/mol. The molecule has 0 spiro atoms. The number of anilines is 2. The molecule has 2 fully saturated rings. The van der Waals surface area contributed by atoms with E-state index in [4.69, 9.17) is 19.9 Å². The van der Waals surface area contributed by atoms with Gasteiger partial charge in [-0.3, -0.25) is 9.89 Å². The van der Waals surface area contributed by atoms with Gasteiger partial charge in [0.15, 0.2) is 5.82 Å². The first kappa shape index (κ1) is 36.0. The Kier molecular flexibility index (Phi) is 12.1. The standard InChI is InChI=1S/C23H23F5N6O2.C7H13NO.C2H6/c1-10-4-5-30-6-7-31-20-15-19(33-22(34-20)35-3)17(25)18(32-21(15)36-10)12-8-14(29)16(24)11(2)13(12)9-23(26,27)28;1-2-7-6-9-5-4-8(7)3-1;1-2/h5,8,10H,4,6-7,9,29H2,1-3H3,(H,31,33,34);7H,1-6H2;1-2H3. The molecule has 2 atom stereocenters. The summed E-state index contributed by atoms with van der Waals surface area (Å²) in [6, 6.07) is 1.52. The number of aromatic nitrogens is 3. The fraction of sp³-hybridized carbons (Fsp3) is 0.562. The first-order chi connectivity index (χ1) is 22.5. The number of hydrogen-bond donors (Lipinski definition) is 2. The summed E-state index contributed by atoms with van der Waals surface area (Å²) in [6.45, 7) is 12.0. The Hall–Kier alpha value is -3.85. The molecule has 0 saturated carbocycles. The smallest absolute Gasteiger partial charge is 0.393 e. The number of aliphatic imine (C=N–C) groups is 1. The molecule has 10 nitrogen and oxygen atoms in total. The normalized spacial score (nSPS) is 19.6. The lowest BCUT2D eigenvalue weighted by atomic mass is 9.94. The van der Waals surface area contributed by atoms with Crippen LogP contribution < -0.4 is 20.5 Å². The van der Waals surface area contributed by atoms with Gasteiger partial charge in [-0.1, -0.05) is 13.8 Å². The van der Waals surface area contributed by atoms with Crippen molar-refractivity contribution >= 4 is 28.6 Å². The van der Waals surface area contributed by atoms with Crippen molar-refractivity contribution in [3.63, 3.8) is 0 Å². The lowest BCUT2D eigenvalue weighted by molar-refractivity contribution is -0.127. The average molecular weight is 668 g/mol. The van der Waals surface area contributed by atoms with Crippen molar-refractivity contribution in [3.8, 4) is 23.1 Å². The van der Waals surface area contributed by atoms with Crippen LogP contribution in [0.15, 0.2) is 11.1 Å². The molecule has 3 aliphatic heterocycles. The third kappa shape index (κ3) is 8.55. The number of methoxy groups -OCH3 is 1. The number of hydrogen-bond acceptors (Lipinski definition) is 10. The van der Waals surface area contributed by atoms with E-state index in [0.717, 1.165) is 32.2 Å². The average Bonchev–Trinajstić information content (AvgIpc) is 3.53. The Morgan fingerprint density at radius 1 is 1.13 bits per heavy atom. The van der Waals surface area contributed by atoms with E-state index in [9.17, 15) is 17.6 Å². The summed E-state index contributed by atoms with van der Waals surface area (Å²) in [5.41, 5.74) is 3.28. The van der Waals surface area contributed by atoms with E-state index in [1.807, 2.05) is 13.8 Å². The van der Waals surface area contributed by atoms with Crippen LogP contribution in [-0.2, 0) is 11.2 Å². The van der Waals surface area contributed by atoms with Crippen molar-refractivity contribution < 1.29 is 36.2 Å². The fourth-order valence-electron chi connectivity index (χ4n) is 5.67. The van der Waals surface area contributed by atoms with Crippen LogP contribution in [0.3, 0.4) is 0 Å². The maximum absolute atomic E-state index is 16.0. The van der Waals surface area contributed by atoms with E-state index in [1.54, 1.807) is 13.1 Å². The molecule has 3 aliphatic rings. The van der Waals surface area contributed by atoms with E-state index >= 15 is 4.39 Å². The first-order valence-electron chi connectivity index (χ1n) is 15.8. The lowest BCUT2D eigenvalue weighted by Crippen LogP contribution is -2.40. The van der Waals surface area contributed by atoms with Crippen LogP contribution >= 0.6 is 0 Å². The first-order valence-corrected chi connectivity index (χ1v) is 15.8. The van der Waals surface area contributed by atoms with Crippen molar-refractivity contribution in [3.05, 3.63) is 28.8 Å². The number of halogens is 5. The Balaban J connectivity index is 0.000000383. The molecular formula is C32H42F5N7O3. The van der Waals surface area contributed by atoms with Crippen LogP contribution in [0.2, 0.25) is 0 Å². The van der Waals surface area contributed by atoms with Gasteiger partial charge in [0, 0.05) is 37.3 Å². The second kappa shape index (κ2) is 15.8. The lowest BCUT2D eigenvalue weighted by Gasteiger charge is -2.28. The van der Waals surface area contributed by atoms with Crippen LogP contribution in [-0.4, -0.2) is 90.9 Å². The summed E-state index contributed by atoms with van der Waals surface area (Å²) in [5, 5.41) is 3.10. The molecule has 15 heteroatoms. The van der Waals surface area contributed by atoms with Crippen LogP contribution in [0, 0.1) is 18.6 Å². The van der Waals surface area contributed by atoms with Gasteiger partial charge in [0.25, 0.3) is 0 Å². The molecule has 3 aromatic rings. The highest BCUT2D eigenvalue weighted by atomic mass is 19.4. The van der Waals surface area contributed by atoms with Gasteiger partial charge in [-0.2, -0.15) is 23.1 Å². The molecule has 258 valence electrons. The quantitative estimate of drug-likeness (QED) is 0.251. The molecular weight excluding hydrogens is 625 g/mol. The van der Waals surface area contributed by atoms with Crippen molar-refractivity contribution in [1.29, 1.82) is 0 Å². The highest BCUT2D eigenvalue weighted by Gasteiger charge is 2.33. The number of nitrogens with zero attached hydrogens (tertiary/aromatic N) is 5. The van der Waals surface area contributed by atoms with Gasteiger partial charge in [-0.05, 0) is 50.4 Å². The molecule has 0 bridgehead atoms. The number of nitrogen functional groups attached to an aromatic ring is 1. The van der Waals surface area contributed by atoms with E-state index < -0.39 is 47.3 Å². The molecule has 0 amide bonds. The van der Waals surface area contributed by atoms with Gasteiger partial charge >= 0.3 is 12.2 Å². The molecule has 0 aliphatic carbocycles. The summed E-state index contributed by atoms with van der Waals surface area (Å²) in [6.07, 6.45) is -1.90. The number of pyridine rings is 1. The number of rotatable bonds is 3. The summed E-state index contributed by atoms with van der Waals surface area (Å²) in [4.78, 5) is 19.4. The van der Waals surface area contributed by atoms with E-state index in [0.29, 0.717) is 19.5 Å². The van der Waals surface area contributed by atoms with Crippen molar-refractivity contribution in [2.24, 2.45) is 4.99 Å². The van der Waals surface area contributed by atoms with E-state index in [1.165, 1.54) is 33.0 Å². The van der Waals surface area contributed by atoms with Gasteiger partial charge in [0.05, 0.1) is 39.0 Å². The molecule has 6 rings (SSSR count). The Bertz CT molecular complexity index is 1560. The number of alkyl halides is 3. The molecule has 3 N–H and O–H groups in total. The van der Waals surface area contributed by atoms with Crippen LogP contribution in [0.4, 0.5) is 33.5 Å². The molecule has 0 radical (unpaired) electrons. The van der Waals surface area contributed by atoms with Gasteiger partial charge in [0.2, 0.25) is 5.88 Å². The van der Waals surface area contributed by atoms with Crippen LogP contribution in [0.5, 0.6) is 11.9 Å². The molecule has 2 unspecified atom stereocenters. The summed E-state index contributed by atoms with van der Waals surface area (Å²) in [5.74, 6) is -2.04. The van der Waals surface area contributed by atoms with Gasteiger partial charge in [0.1, 0.15) is 34.3 Å². The van der Waals surface area contributed by atoms with Gasteiger partial charge in [-0.25, -0.2) is 13.8 Å². The second-order valence-corrected chi connectivity index (χ2v) is 11.2. The summed E-state index contributed by atoms with van der Waals surface area (Å²) in [7, 11) is 1.29. The highest BCUT2D eigenvalue weighted by molar-refractivity contribution is 5.96. The van der Waals surface area contributed by atoms with Gasteiger partial charge < -0.3 is 25.3 Å². The maximum Gasteiger partial charge on any atom is 0.393 e. The van der Waals surface area contributed by atoms with Crippen molar-refractivity contribution in [2.75, 3.05) is 57.6 Å². The monoisotopic (exact) mass is 667 g/mol. The fourth-order valence-corrected chi connectivity index (χ4v) is 5.67. The predicted octanol–water partition coefficient (Wildman–Crippen LogP) is 6.13. The minimum Gasteiger partial charge on any atom is -0.474 e. The Morgan fingerprint density at radius 3 is 2.60 bits per heavy atom. The van der Waals surface area contributed by atoms with Crippen molar-refractivity contribution in [2.45, 2.75) is 71.7 Å². The summed E-state index contributed by atoms with van der Waals surface area (Å²) < 4.78 is 87.2. The molecule has 1 aromatic carbocycles. The number of nitrogens with one attached hydrogen (secondary N) is 1. The number of fused-ring (bicyclic) bond motifs is 1. The number of benzene rings is 1. The largest absolute Gasteiger partial charge is 0.474 e. The SMILES string of the molecule is C1CC2COCCN2C1.CC.COc1nc2c3c(nc(-c4cc(N)c(F)c(C)c4CC(F)(F)F)c(F)c3n1)OC(C)CC=NCCN2. The molecule has 47 heavy (non-hydrogen) atoms. The maximum atomic E-state index is 16.0. The van der Waals surface area contributed by atoms with Gasteiger partial charge in [-0.15, -0.1) is 0 Å². The third-order valence-corrected chi connectivity index (χ3v) is 7.95. The Labute approximate surface area is 270 Å². The van der Waals surface area contributed by atoms with Crippen LogP contribution in [0.1, 0.15) is 51.2 Å². The van der Waals surface area contributed by atoms with E-state index in [2.05, 4.69) is 30.2 Å². The topological polar surface area (TPSA) is 120 Å². The minimum atomic E-state index is -4.71. The molecule has 5 heterocycles. The molecule has 2 saturated heterocycles. The zero-order valence-corrected chi connectivity index (χ0v) is 27.3. The van der Waals surface area contributed by atoms with Crippen molar-refractivity contribution in [1.82, 2.24) is 19.9 Å². The van der Waals surface area contributed by atoms with Crippen LogP contribution in [0.25, 0.3) is 22.2 Å². The second-order valence-electron chi connectivity index (χ2n) is 11.2. The number of nitrogens with two attached hydrogens (primary N) is 1. The summed E-state index contributed by atoms with van der Waals surface area (Å²) >= 11 is 0. The highest BCUT2D eigenvalue weighted by Crippen LogP contribution is 2.41. The zero-order chi connectivity index (χ0) is 34.3. The number of ether oxygens (including phenoxy) is 3. The third-order valence-electron chi connectivity index (χ3n) is 7.95. The minimum absolute atomic E-state index is 0.0787.